The lowest BCUT2D eigenvalue weighted by atomic mass is 10.2. The van der Waals surface area contributed by atoms with E-state index >= 15 is 0 Å². The molecule has 2 unspecified atom stereocenters. The molecule has 0 aliphatic rings. The minimum absolute atomic E-state index is 0.0177. The van der Waals surface area contributed by atoms with Crippen molar-refractivity contribution in [1.29, 1.82) is 0 Å². The zero-order chi connectivity index (χ0) is 13.5. The molecule has 1 aromatic heterocycles. The number of thiophene rings is 1. The van der Waals surface area contributed by atoms with Crippen LogP contribution in [0.3, 0.4) is 0 Å². The summed E-state index contributed by atoms with van der Waals surface area (Å²) >= 11 is 1.55. The molecule has 1 rings (SSSR count). The number of aliphatic hydroxyl groups excluding tert-OH is 1. The fourth-order valence-corrected chi connectivity index (χ4v) is 2.04. The van der Waals surface area contributed by atoms with Gasteiger partial charge in [0.2, 0.25) is 0 Å². The maximum atomic E-state index is 11.5. The number of rotatable bonds is 6. The average molecular weight is 272 g/mol. The van der Waals surface area contributed by atoms with Crippen LogP contribution < -0.4 is 10.6 Å². The summed E-state index contributed by atoms with van der Waals surface area (Å²) in [6.07, 6.45) is -1.46. The minimum atomic E-state index is -1.44. The van der Waals surface area contributed by atoms with Crippen molar-refractivity contribution in [3.8, 4) is 0 Å². The van der Waals surface area contributed by atoms with Gasteiger partial charge in [0.15, 0.2) is 6.10 Å². The smallest absolute Gasteiger partial charge is 0.332 e. The Morgan fingerprint density at radius 1 is 1.50 bits per heavy atom. The van der Waals surface area contributed by atoms with Crippen LogP contribution in [0.4, 0.5) is 4.79 Å². The van der Waals surface area contributed by atoms with Crippen molar-refractivity contribution < 1.29 is 19.8 Å². The van der Waals surface area contributed by atoms with Crippen LogP contribution in [0.15, 0.2) is 17.5 Å². The van der Waals surface area contributed by atoms with Gasteiger partial charge >= 0.3 is 12.0 Å². The van der Waals surface area contributed by atoms with E-state index in [9.17, 15) is 9.59 Å². The number of carboxylic acid groups (broad SMARTS) is 1. The summed E-state index contributed by atoms with van der Waals surface area (Å²) < 4.78 is 0. The highest BCUT2D eigenvalue weighted by Gasteiger charge is 2.14. The molecule has 0 saturated carbocycles. The van der Waals surface area contributed by atoms with Gasteiger partial charge in [-0.15, -0.1) is 11.3 Å². The van der Waals surface area contributed by atoms with Gasteiger partial charge in [-0.1, -0.05) is 6.07 Å². The van der Waals surface area contributed by atoms with Crippen LogP contribution in [-0.4, -0.2) is 34.9 Å². The van der Waals surface area contributed by atoms with Crippen LogP contribution in [0.25, 0.3) is 0 Å². The second kappa shape index (κ2) is 6.97. The Labute approximate surface area is 109 Å². The van der Waals surface area contributed by atoms with E-state index in [-0.39, 0.29) is 25.0 Å². The standard InChI is InChI=1S/C11H16N2O4S/c1-7(9-3-2-6-18-9)13-11(17)12-5-4-8(14)10(15)16/h2-3,6-8,14H,4-5H2,1H3,(H,15,16)(H2,12,13,17). The first-order valence-electron chi connectivity index (χ1n) is 5.49. The van der Waals surface area contributed by atoms with Crippen molar-refractivity contribution in [3.05, 3.63) is 22.4 Å². The van der Waals surface area contributed by atoms with E-state index < -0.39 is 12.1 Å². The summed E-state index contributed by atoms with van der Waals surface area (Å²) in [6, 6.07) is 3.34. The maximum absolute atomic E-state index is 11.5. The van der Waals surface area contributed by atoms with Crippen molar-refractivity contribution >= 4 is 23.3 Å². The van der Waals surface area contributed by atoms with Crippen LogP contribution in [0.2, 0.25) is 0 Å². The number of carboxylic acids is 1. The Bertz CT molecular complexity index is 394. The molecule has 0 bridgehead atoms. The van der Waals surface area contributed by atoms with Crippen LogP contribution in [0.1, 0.15) is 24.3 Å². The molecule has 0 fully saturated rings. The number of aliphatic carboxylic acids is 1. The van der Waals surface area contributed by atoms with Crippen molar-refractivity contribution in [1.82, 2.24) is 10.6 Å². The predicted octanol–water partition coefficient (Wildman–Crippen LogP) is 0.944. The summed E-state index contributed by atoms with van der Waals surface area (Å²) in [6.45, 7) is 1.97. The number of carbonyl (C=O) groups is 2. The minimum Gasteiger partial charge on any atom is -0.479 e. The van der Waals surface area contributed by atoms with E-state index in [0.29, 0.717) is 0 Å². The molecule has 0 aliphatic carbocycles. The van der Waals surface area contributed by atoms with Gasteiger partial charge in [0, 0.05) is 17.8 Å². The quantitative estimate of drug-likeness (QED) is 0.619. The number of nitrogens with one attached hydrogen (secondary N) is 2. The predicted molar refractivity (Wildman–Crippen MR) is 67.5 cm³/mol. The Morgan fingerprint density at radius 3 is 2.78 bits per heavy atom. The lowest BCUT2D eigenvalue weighted by Gasteiger charge is -2.13. The van der Waals surface area contributed by atoms with E-state index in [2.05, 4.69) is 10.6 Å². The highest BCUT2D eigenvalue weighted by molar-refractivity contribution is 7.10. The number of urea groups is 1. The van der Waals surface area contributed by atoms with E-state index in [1.807, 2.05) is 24.4 Å². The van der Waals surface area contributed by atoms with Gasteiger partial charge in [-0.05, 0) is 18.4 Å². The van der Waals surface area contributed by atoms with Crippen molar-refractivity contribution in [2.75, 3.05) is 6.54 Å². The van der Waals surface area contributed by atoms with Crippen LogP contribution in [0.5, 0.6) is 0 Å². The van der Waals surface area contributed by atoms with Gasteiger partial charge in [-0.2, -0.15) is 0 Å². The van der Waals surface area contributed by atoms with Crippen LogP contribution >= 0.6 is 11.3 Å². The Hall–Kier alpha value is -1.60. The third-order valence-corrected chi connectivity index (χ3v) is 3.36. The molecular weight excluding hydrogens is 256 g/mol. The number of amides is 2. The zero-order valence-corrected chi connectivity index (χ0v) is 10.7. The van der Waals surface area contributed by atoms with Gasteiger partial charge in [0.1, 0.15) is 0 Å². The number of hydrogen-bond acceptors (Lipinski definition) is 4. The highest BCUT2D eigenvalue weighted by Crippen LogP contribution is 2.17. The van der Waals surface area contributed by atoms with E-state index in [4.69, 9.17) is 10.2 Å². The lowest BCUT2D eigenvalue weighted by molar-refractivity contribution is -0.146. The molecule has 1 aromatic rings. The van der Waals surface area contributed by atoms with E-state index in [0.717, 1.165) is 4.88 Å². The summed E-state index contributed by atoms with van der Waals surface area (Å²) in [5.74, 6) is -1.29. The number of hydrogen-bond donors (Lipinski definition) is 4. The van der Waals surface area contributed by atoms with E-state index in [1.165, 1.54) is 0 Å². The first-order valence-corrected chi connectivity index (χ1v) is 6.37. The summed E-state index contributed by atoms with van der Waals surface area (Å²) in [5, 5.41) is 24.6. The third-order valence-electron chi connectivity index (χ3n) is 2.31. The second-order valence-electron chi connectivity index (χ2n) is 3.78. The number of carbonyl (C=O) groups excluding carboxylic acids is 1. The largest absolute Gasteiger partial charge is 0.479 e. The SMILES string of the molecule is CC(NC(=O)NCCC(O)C(=O)O)c1cccs1. The molecular formula is C11H16N2O4S. The zero-order valence-electron chi connectivity index (χ0n) is 9.92. The Morgan fingerprint density at radius 2 is 2.22 bits per heavy atom. The van der Waals surface area contributed by atoms with Gasteiger partial charge in [0.05, 0.1) is 6.04 Å². The van der Waals surface area contributed by atoms with Crippen LogP contribution in [0, 0.1) is 0 Å². The monoisotopic (exact) mass is 272 g/mol. The van der Waals surface area contributed by atoms with Gasteiger partial charge in [0.25, 0.3) is 0 Å². The van der Waals surface area contributed by atoms with Crippen molar-refractivity contribution in [2.45, 2.75) is 25.5 Å². The molecule has 0 aromatic carbocycles. The Balaban J connectivity index is 2.24. The molecule has 2 atom stereocenters. The van der Waals surface area contributed by atoms with Gasteiger partial charge in [-0.3, -0.25) is 0 Å². The molecule has 18 heavy (non-hydrogen) atoms. The topological polar surface area (TPSA) is 98.7 Å². The fourth-order valence-electron chi connectivity index (χ4n) is 1.30. The van der Waals surface area contributed by atoms with Crippen LogP contribution in [-0.2, 0) is 4.79 Å². The van der Waals surface area contributed by atoms with Crippen molar-refractivity contribution in [3.63, 3.8) is 0 Å². The molecule has 1 heterocycles. The molecule has 2 amide bonds. The van der Waals surface area contributed by atoms with Gasteiger partial charge < -0.3 is 20.8 Å². The highest BCUT2D eigenvalue weighted by atomic mass is 32.1. The molecule has 7 heteroatoms. The lowest BCUT2D eigenvalue weighted by Crippen LogP contribution is -2.38. The molecule has 0 radical (unpaired) electrons. The van der Waals surface area contributed by atoms with Gasteiger partial charge in [-0.25, -0.2) is 9.59 Å². The van der Waals surface area contributed by atoms with Crippen molar-refractivity contribution in [2.24, 2.45) is 0 Å². The third kappa shape index (κ3) is 4.72. The molecule has 0 aliphatic heterocycles. The number of aliphatic hydroxyl groups is 1. The molecule has 100 valence electrons. The average Bonchev–Trinajstić information content (AvgIpc) is 2.81. The molecule has 6 nitrogen and oxygen atoms in total. The first-order chi connectivity index (χ1) is 8.50. The normalized spacial score (nSPS) is 13.7. The van der Waals surface area contributed by atoms with E-state index in [1.54, 1.807) is 11.3 Å². The summed E-state index contributed by atoms with van der Waals surface area (Å²) in [4.78, 5) is 22.8. The first kappa shape index (κ1) is 14.5. The molecule has 0 saturated heterocycles. The fraction of sp³-hybridized carbons (Fsp3) is 0.455. The molecule has 0 spiro atoms. The summed E-state index contributed by atoms with van der Waals surface area (Å²) in [5.41, 5.74) is 0. The molecule has 4 N–H and O–H groups in total. The maximum Gasteiger partial charge on any atom is 0.332 e. The summed E-state index contributed by atoms with van der Waals surface area (Å²) in [7, 11) is 0. The Kier molecular flexibility index (Phi) is 5.60. The second-order valence-corrected chi connectivity index (χ2v) is 4.76.